The fourth-order valence-corrected chi connectivity index (χ4v) is 2.74. The SMILES string of the molecule is O=C(NC1CCC(Oc2ncc(F)cn2)CC1)c1ccc(F)c(F)c1. The summed E-state index contributed by atoms with van der Waals surface area (Å²) in [6, 6.07) is 3.10. The molecule has 1 saturated carbocycles. The summed E-state index contributed by atoms with van der Waals surface area (Å²) in [6.07, 6.45) is 4.64. The number of nitrogens with zero attached hydrogens (tertiary/aromatic N) is 2. The molecular formula is C17H16F3N3O2. The molecule has 1 heterocycles. The fourth-order valence-electron chi connectivity index (χ4n) is 2.74. The molecule has 132 valence electrons. The Balaban J connectivity index is 1.49. The molecule has 1 fully saturated rings. The molecule has 0 radical (unpaired) electrons. The summed E-state index contributed by atoms with van der Waals surface area (Å²) < 4.78 is 44.5. The number of halogens is 3. The minimum absolute atomic E-state index is 0.0744. The summed E-state index contributed by atoms with van der Waals surface area (Å²) in [5.41, 5.74) is 0.0805. The number of hydrogen-bond acceptors (Lipinski definition) is 4. The van der Waals surface area contributed by atoms with Crippen molar-refractivity contribution in [1.29, 1.82) is 0 Å². The van der Waals surface area contributed by atoms with Crippen LogP contribution < -0.4 is 10.1 Å². The zero-order valence-electron chi connectivity index (χ0n) is 13.2. The van der Waals surface area contributed by atoms with E-state index in [1.54, 1.807) is 0 Å². The van der Waals surface area contributed by atoms with E-state index in [2.05, 4.69) is 15.3 Å². The highest BCUT2D eigenvalue weighted by atomic mass is 19.2. The molecule has 1 aromatic carbocycles. The third kappa shape index (κ3) is 4.46. The first kappa shape index (κ1) is 17.2. The molecule has 3 rings (SSSR count). The van der Waals surface area contributed by atoms with Gasteiger partial charge in [0.1, 0.15) is 6.10 Å². The van der Waals surface area contributed by atoms with E-state index in [0.29, 0.717) is 25.7 Å². The van der Waals surface area contributed by atoms with Crippen molar-refractivity contribution in [2.75, 3.05) is 0 Å². The number of hydrogen-bond donors (Lipinski definition) is 1. The molecule has 1 aliphatic carbocycles. The number of carbonyl (C=O) groups excluding carboxylic acids is 1. The van der Waals surface area contributed by atoms with E-state index in [-0.39, 0.29) is 23.7 Å². The van der Waals surface area contributed by atoms with Crippen molar-refractivity contribution in [2.24, 2.45) is 0 Å². The lowest BCUT2D eigenvalue weighted by molar-refractivity contribution is 0.0884. The van der Waals surface area contributed by atoms with Crippen molar-refractivity contribution in [3.63, 3.8) is 0 Å². The molecule has 0 atom stereocenters. The standard InChI is InChI=1S/C17H16F3N3O2/c18-11-8-21-17(22-9-11)25-13-4-2-12(3-5-13)23-16(24)10-1-6-14(19)15(20)7-10/h1,6-9,12-13H,2-5H2,(H,23,24). The monoisotopic (exact) mass is 351 g/mol. The summed E-state index contributed by atoms with van der Waals surface area (Å²) in [5.74, 6) is -3.01. The lowest BCUT2D eigenvalue weighted by Crippen LogP contribution is -2.39. The van der Waals surface area contributed by atoms with E-state index in [4.69, 9.17) is 4.74 Å². The minimum Gasteiger partial charge on any atom is -0.460 e. The highest BCUT2D eigenvalue weighted by Crippen LogP contribution is 2.22. The maximum absolute atomic E-state index is 13.2. The van der Waals surface area contributed by atoms with Gasteiger partial charge in [-0.05, 0) is 43.9 Å². The topological polar surface area (TPSA) is 64.1 Å². The summed E-state index contributed by atoms with van der Waals surface area (Å²) in [4.78, 5) is 19.6. The molecule has 0 spiro atoms. The number of aromatic nitrogens is 2. The first-order valence-corrected chi connectivity index (χ1v) is 7.91. The van der Waals surface area contributed by atoms with E-state index in [1.165, 1.54) is 6.07 Å². The molecule has 0 unspecified atom stereocenters. The van der Waals surface area contributed by atoms with Gasteiger partial charge in [-0.1, -0.05) is 0 Å². The Morgan fingerprint density at radius 2 is 1.72 bits per heavy atom. The van der Waals surface area contributed by atoms with Gasteiger partial charge in [0.15, 0.2) is 17.5 Å². The molecule has 25 heavy (non-hydrogen) atoms. The predicted molar refractivity (Wildman–Crippen MR) is 82.5 cm³/mol. The third-order valence-corrected chi connectivity index (χ3v) is 4.06. The molecule has 1 N–H and O–H groups in total. The first-order valence-electron chi connectivity index (χ1n) is 7.91. The maximum Gasteiger partial charge on any atom is 0.316 e. The molecule has 5 nitrogen and oxygen atoms in total. The van der Waals surface area contributed by atoms with E-state index in [9.17, 15) is 18.0 Å². The lowest BCUT2D eigenvalue weighted by atomic mass is 9.92. The Labute approximate surface area is 142 Å². The van der Waals surface area contributed by atoms with Crippen LogP contribution in [0.4, 0.5) is 13.2 Å². The maximum atomic E-state index is 13.2. The Kier molecular flexibility index (Phi) is 5.16. The number of benzene rings is 1. The Morgan fingerprint density at radius 1 is 1.04 bits per heavy atom. The van der Waals surface area contributed by atoms with Crippen LogP contribution in [0.15, 0.2) is 30.6 Å². The van der Waals surface area contributed by atoms with E-state index in [0.717, 1.165) is 24.5 Å². The molecule has 0 bridgehead atoms. The third-order valence-electron chi connectivity index (χ3n) is 4.06. The first-order chi connectivity index (χ1) is 12.0. The lowest BCUT2D eigenvalue weighted by Gasteiger charge is -2.28. The van der Waals surface area contributed by atoms with Crippen LogP contribution >= 0.6 is 0 Å². The van der Waals surface area contributed by atoms with Gasteiger partial charge >= 0.3 is 6.01 Å². The summed E-state index contributed by atoms with van der Waals surface area (Å²) >= 11 is 0. The number of rotatable bonds is 4. The smallest absolute Gasteiger partial charge is 0.316 e. The molecule has 1 aromatic heterocycles. The van der Waals surface area contributed by atoms with Gasteiger partial charge in [0.05, 0.1) is 12.4 Å². The average molecular weight is 351 g/mol. The summed E-state index contributed by atoms with van der Waals surface area (Å²) in [6.45, 7) is 0. The van der Waals surface area contributed by atoms with Gasteiger partial charge in [0, 0.05) is 11.6 Å². The summed E-state index contributed by atoms with van der Waals surface area (Å²) in [5, 5.41) is 2.81. The zero-order valence-corrected chi connectivity index (χ0v) is 13.2. The van der Waals surface area contributed by atoms with Crippen LogP contribution in [-0.2, 0) is 0 Å². The zero-order chi connectivity index (χ0) is 17.8. The fraction of sp³-hybridized carbons (Fsp3) is 0.353. The van der Waals surface area contributed by atoms with Gasteiger partial charge < -0.3 is 10.1 Å². The molecule has 2 aromatic rings. The van der Waals surface area contributed by atoms with Crippen molar-refractivity contribution in [1.82, 2.24) is 15.3 Å². The van der Waals surface area contributed by atoms with Crippen molar-refractivity contribution in [2.45, 2.75) is 37.8 Å². The predicted octanol–water partition coefficient (Wildman–Crippen LogP) is 3.01. The van der Waals surface area contributed by atoms with E-state index >= 15 is 0 Å². The van der Waals surface area contributed by atoms with Crippen molar-refractivity contribution in [3.8, 4) is 6.01 Å². The Morgan fingerprint density at radius 3 is 2.36 bits per heavy atom. The quantitative estimate of drug-likeness (QED) is 0.920. The molecule has 0 saturated heterocycles. The van der Waals surface area contributed by atoms with Crippen LogP contribution in [0.3, 0.4) is 0 Å². The molecule has 8 heteroatoms. The molecule has 1 amide bonds. The largest absolute Gasteiger partial charge is 0.460 e. The number of carbonyl (C=O) groups is 1. The van der Waals surface area contributed by atoms with Crippen LogP contribution in [0.5, 0.6) is 6.01 Å². The normalized spacial score (nSPS) is 20.1. The van der Waals surface area contributed by atoms with Crippen molar-refractivity contribution in [3.05, 3.63) is 53.6 Å². The van der Waals surface area contributed by atoms with Gasteiger partial charge in [-0.25, -0.2) is 23.1 Å². The van der Waals surface area contributed by atoms with Crippen LogP contribution in [0.1, 0.15) is 36.0 Å². The van der Waals surface area contributed by atoms with Crippen LogP contribution in [0.25, 0.3) is 0 Å². The van der Waals surface area contributed by atoms with Gasteiger partial charge in [0.25, 0.3) is 5.91 Å². The summed E-state index contributed by atoms with van der Waals surface area (Å²) in [7, 11) is 0. The second-order valence-electron chi connectivity index (χ2n) is 5.88. The Hall–Kier alpha value is -2.64. The molecule has 1 aliphatic rings. The second-order valence-corrected chi connectivity index (χ2v) is 5.88. The van der Waals surface area contributed by atoms with Gasteiger partial charge in [-0.3, -0.25) is 4.79 Å². The van der Waals surface area contributed by atoms with Crippen molar-refractivity contribution >= 4 is 5.91 Å². The minimum atomic E-state index is -1.05. The number of amides is 1. The van der Waals surface area contributed by atoms with Crippen LogP contribution in [0, 0.1) is 17.5 Å². The second kappa shape index (κ2) is 7.50. The van der Waals surface area contributed by atoms with Crippen LogP contribution in [-0.4, -0.2) is 28.0 Å². The Bertz CT molecular complexity index is 747. The number of nitrogens with one attached hydrogen (secondary N) is 1. The van der Waals surface area contributed by atoms with Gasteiger partial charge in [-0.2, -0.15) is 0 Å². The highest BCUT2D eigenvalue weighted by molar-refractivity contribution is 5.94. The van der Waals surface area contributed by atoms with Crippen molar-refractivity contribution < 1.29 is 22.7 Å². The highest BCUT2D eigenvalue weighted by Gasteiger charge is 2.24. The molecular weight excluding hydrogens is 335 g/mol. The molecule has 0 aliphatic heterocycles. The van der Waals surface area contributed by atoms with E-state index < -0.39 is 23.4 Å². The average Bonchev–Trinajstić information content (AvgIpc) is 2.61. The number of ether oxygens (including phenoxy) is 1. The van der Waals surface area contributed by atoms with Gasteiger partial charge in [-0.15, -0.1) is 0 Å². The van der Waals surface area contributed by atoms with Crippen LogP contribution in [0.2, 0.25) is 0 Å². The van der Waals surface area contributed by atoms with Gasteiger partial charge in [0.2, 0.25) is 0 Å². The van der Waals surface area contributed by atoms with E-state index in [1.807, 2.05) is 0 Å².